The van der Waals surface area contributed by atoms with Crippen molar-refractivity contribution in [2.45, 2.75) is 39.1 Å². The number of alkyl halides is 3. The average molecular weight is 552 g/mol. The van der Waals surface area contributed by atoms with Crippen LogP contribution in [0.1, 0.15) is 32.2 Å². The van der Waals surface area contributed by atoms with Crippen molar-refractivity contribution in [3.05, 3.63) is 58.5 Å². The Morgan fingerprint density at radius 1 is 1.14 bits per heavy atom. The number of nitrogens with one attached hydrogen (secondary N) is 3. The van der Waals surface area contributed by atoms with Crippen LogP contribution in [0.2, 0.25) is 0 Å². The second kappa shape index (κ2) is 9.56. The lowest BCUT2D eigenvalue weighted by atomic mass is 9.92. The van der Waals surface area contributed by atoms with E-state index in [1.54, 1.807) is 12.3 Å². The Morgan fingerprint density at radius 2 is 1.91 bits per heavy atom. The number of aromatic nitrogens is 5. The predicted octanol–water partition coefficient (Wildman–Crippen LogP) is 6.17. The van der Waals surface area contributed by atoms with Gasteiger partial charge in [0.05, 0.1) is 11.0 Å². The minimum Gasteiger partial charge on any atom is -0.405 e. The number of halogens is 4. The number of anilines is 3. The van der Waals surface area contributed by atoms with Gasteiger partial charge in [-0.15, -0.1) is 13.2 Å². The normalized spacial score (nSPS) is 12.0. The van der Waals surface area contributed by atoms with Gasteiger partial charge >= 0.3 is 6.36 Å². The van der Waals surface area contributed by atoms with Crippen molar-refractivity contribution in [1.29, 1.82) is 0 Å². The molecule has 0 saturated heterocycles. The maximum atomic E-state index is 12.7. The summed E-state index contributed by atoms with van der Waals surface area (Å²) in [6.07, 6.45) is -3.25. The monoisotopic (exact) mass is 551 g/mol. The molecule has 0 unspecified atom stereocenters. The highest BCUT2D eigenvalue weighted by atomic mass is 79.9. The van der Waals surface area contributed by atoms with E-state index in [0.717, 1.165) is 5.69 Å². The van der Waals surface area contributed by atoms with Crippen LogP contribution in [0.5, 0.6) is 5.75 Å². The second-order valence-electron chi connectivity index (χ2n) is 8.51. The zero-order valence-corrected chi connectivity index (χ0v) is 20.5. The van der Waals surface area contributed by atoms with E-state index in [4.69, 9.17) is 4.52 Å². The van der Waals surface area contributed by atoms with Crippen LogP contribution in [-0.4, -0.2) is 31.7 Å². The molecule has 0 atom stereocenters. The Kier molecular flexibility index (Phi) is 6.70. The minimum absolute atomic E-state index is 0.0855. The maximum absolute atomic E-state index is 12.7. The van der Waals surface area contributed by atoms with Crippen molar-refractivity contribution in [3.63, 3.8) is 0 Å². The third-order valence-electron chi connectivity index (χ3n) is 4.74. The first-order valence-corrected chi connectivity index (χ1v) is 11.2. The fraction of sp³-hybridized carbons (Fsp3) is 0.273. The molecule has 0 amide bonds. The third kappa shape index (κ3) is 6.29. The number of para-hydroxylation sites is 1. The van der Waals surface area contributed by atoms with Crippen LogP contribution in [-0.2, 0) is 12.0 Å². The molecule has 13 heteroatoms. The van der Waals surface area contributed by atoms with Crippen molar-refractivity contribution in [3.8, 4) is 17.0 Å². The number of hydrogen-bond acceptors (Lipinski definition) is 8. The van der Waals surface area contributed by atoms with Gasteiger partial charge in [0.15, 0.2) is 17.4 Å². The number of ether oxygens (including phenoxy) is 1. The second-order valence-corrected chi connectivity index (χ2v) is 9.36. The van der Waals surface area contributed by atoms with Gasteiger partial charge in [-0.3, -0.25) is 5.10 Å². The van der Waals surface area contributed by atoms with Gasteiger partial charge in [-0.2, -0.15) is 10.1 Å². The van der Waals surface area contributed by atoms with E-state index in [9.17, 15) is 13.2 Å². The van der Waals surface area contributed by atoms with E-state index in [1.807, 2.05) is 6.07 Å². The SMILES string of the molecule is CC(C)(C)c1cc(Nc2nc(NCc3cc(-c4ccccc4OC(F)(F)F)no3)ncc2Br)n[nH]1. The summed E-state index contributed by atoms with van der Waals surface area (Å²) < 4.78 is 48.1. The maximum Gasteiger partial charge on any atom is 0.573 e. The standard InChI is InChI=1S/C22H21BrF3N7O2/c1-21(2,3)17-9-18(32-31-17)29-19-14(23)11-28-20(30-19)27-10-12-8-15(33-35-12)13-6-4-5-7-16(13)34-22(24,25)26/h4-9,11H,10H2,1-3H3,(H3,27,28,29,30,31,32). The van der Waals surface area contributed by atoms with E-state index >= 15 is 0 Å². The molecule has 0 aliphatic rings. The number of nitrogens with zero attached hydrogens (tertiary/aromatic N) is 4. The minimum atomic E-state index is -4.82. The number of aromatic amines is 1. The Bertz CT molecular complexity index is 1310. The van der Waals surface area contributed by atoms with Crippen LogP contribution >= 0.6 is 15.9 Å². The molecule has 1 aromatic carbocycles. The summed E-state index contributed by atoms with van der Waals surface area (Å²) in [5.74, 6) is 1.38. The molecule has 0 fully saturated rings. The lowest BCUT2D eigenvalue weighted by Crippen LogP contribution is -2.17. The van der Waals surface area contributed by atoms with E-state index in [2.05, 4.69) is 77.4 Å². The molecule has 0 bridgehead atoms. The van der Waals surface area contributed by atoms with Crippen molar-refractivity contribution < 1.29 is 22.4 Å². The lowest BCUT2D eigenvalue weighted by molar-refractivity contribution is -0.274. The van der Waals surface area contributed by atoms with Gasteiger partial charge in [0.25, 0.3) is 0 Å². The summed E-state index contributed by atoms with van der Waals surface area (Å²) in [4.78, 5) is 8.65. The van der Waals surface area contributed by atoms with Gasteiger partial charge in [-0.05, 0) is 28.1 Å². The van der Waals surface area contributed by atoms with Crippen molar-refractivity contribution in [2.75, 3.05) is 10.6 Å². The van der Waals surface area contributed by atoms with E-state index in [1.165, 1.54) is 24.3 Å². The third-order valence-corrected chi connectivity index (χ3v) is 5.33. The van der Waals surface area contributed by atoms with Crippen molar-refractivity contribution >= 4 is 33.5 Å². The molecule has 4 rings (SSSR count). The smallest absolute Gasteiger partial charge is 0.405 e. The molecule has 35 heavy (non-hydrogen) atoms. The quantitative estimate of drug-likeness (QED) is 0.250. The molecule has 0 spiro atoms. The zero-order chi connectivity index (χ0) is 25.2. The summed E-state index contributed by atoms with van der Waals surface area (Å²) in [5.41, 5.74) is 1.23. The highest BCUT2D eigenvalue weighted by Gasteiger charge is 2.32. The predicted molar refractivity (Wildman–Crippen MR) is 126 cm³/mol. The first-order chi connectivity index (χ1) is 16.5. The molecule has 0 aliphatic heterocycles. The molecule has 0 radical (unpaired) electrons. The van der Waals surface area contributed by atoms with Gasteiger partial charge < -0.3 is 19.9 Å². The van der Waals surface area contributed by atoms with E-state index in [0.29, 0.717) is 27.8 Å². The topological polar surface area (TPSA) is 114 Å². The molecule has 3 N–H and O–H groups in total. The summed E-state index contributed by atoms with van der Waals surface area (Å²) in [5, 5.41) is 17.3. The Morgan fingerprint density at radius 3 is 2.63 bits per heavy atom. The van der Waals surface area contributed by atoms with E-state index in [-0.39, 0.29) is 29.0 Å². The molecule has 3 heterocycles. The number of H-pyrrole nitrogens is 1. The van der Waals surface area contributed by atoms with Crippen LogP contribution in [0, 0.1) is 0 Å². The first kappa shape index (κ1) is 24.5. The Hall–Kier alpha value is -3.61. The van der Waals surface area contributed by atoms with Crippen LogP contribution in [0.3, 0.4) is 0 Å². The largest absolute Gasteiger partial charge is 0.573 e. The average Bonchev–Trinajstić information content (AvgIpc) is 3.43. The molecule has 0 saturated carbocycles. The highest BCUT2D eigenvalue weighted by molar-refractivity contribution is 9.10. The summed E-state index contributed by atoms with van der Waals surface area (Å²) in [6, 6.07) is 9.12. The fourth-order valence-corrected chi connectivity index (χ4v) is 3.30. The lowest BCUT2D eigenvalue weighted by Gasteiger charge is -2.14. The van der Waals surface area contributed by atoms with Crippen LogP contribution in [0.25, 0.3) is 11.3 Å². The summed E-state index contributed by atoms with van der Waals surface area (Å²) in [6.45, 7) is 6.37. The van der Waals surface area contributed by atoms with Crippen LogP contribution < -0.4 is 15.4 Å². The molecule has 0 aliphatic carbocycles. The number of hydrogen-bond donors (Lipinski definition) is 3. The molecule has 9 nitrogen and oxygen atoms in total. The van der Waals surface area contributed by atoms with E-state index < -0.39 is 6.36 Å². The van der Waals surface area contributed by atoms with Gasteiger partial charge in [-0.1, -0.05) is 38.1 Å². The summed E-state index contributed by atoms with van der Waals surface area (Å²) in [7, 11) is 0. The molecular formula is C22H21BrF3N7O2. The Balaban J connectivity index is 1.45. The summed E-state index contributed by atoms with van der Waals surface area (Å²) >= 11 is 3.41. The fourth-order valence-electron chi connectivity index (χ4n) is 3.01. The first-order valence-electron chi connectivity index (χ1n) is 10.4. The number of benzene rings is 1. The Labute approximate surface area is 206 Å². The van der Waals surface area contributed by atoms with Gasteiger partial charge in [0.2, 0.25) is 5.95 Å². The molecule has 4 aromatic rings. The zero-order valence-electron chi connectivity index (χ0n) is 18.9. The van der Waals surface area contributed by atoms with Crippen LogP contribution in [0.4, 0.5) is 30.8 Å². The van der Waals surface area contributed by atoms with Gasteiger partial charge in [0, 0.05) is 35.0 Å². The van der Waals surface area contributed by atoms with Gasteiger partial charge in [0.1, 0.15) is 11.4 Å². The van der Waals surface area contributed by atoms with Gasteiger partial charge in [-0.25, -0.2) is 4.98 Å². The molecule has 184 valence electrons. The highest BCUT2D eigenvalue weighted by Crippen LogP contribution is 2.33. The molecular weight excluding hydrogens is 531 g/mol. The number of rotatable bonds is 7. The van der Waals surface area contributed by atoms with Crippen molar-refractivity contribution in [2.24, 2.45) is 0 Å². The molecule has 3 aromatic heterocycles. The van der Waals surface area contributed by atoms with Crippen LogP contribution in [0.15, 0.2) is 51.6 Å². The van der Waals surface area contributed by atoms with Crippen molar-refractivity contribution in [1.82, 2.24) is 25.3 Å².